The number of anilines is 1. The van der Waals surface area contributed by atoms with Crippen LogP contribution in [0.5, 0.6) is 0 Å². The molecule has 2 aromatic rings. The van der Waals surface area contributed by atoms with Crippen molar-refractivity contribution in [3.63, 3.8) is 0 Å². The van der Waals surface area contributed by atoms with E-state index in [-0.39, 0.29) is 23.4 Å². The minimum absolute atomic E-state index is 0.0564. The third-order valence-electron chi connectivity index (χ3n) is 2.98. The Bertz CT molecular complexity index is 758. The van der Waals surface area contributed by atoms with E-state index in [2.05, 4.69) is 5.32 Å². The Morgan fingerprint density at radius 1 is 1.17 bits per heavy atom. The van der Waals surface area contributed by atoms with Crippen molar-refractivity contribution in [2.75, 3.05) is 11.9 Å². The van der Waals surface area contributed by atoms with Crippen molar-refractivity contribution < 1.29 is 19.2 Å². The Morgan fingerprint density at radius 3 is 2.61 bits per heavy atom. The molecule has 0 heterocycles. The number of benzene rings is 2. The molecule has 2 rings (SSSR count). The molecule has 1 N–H and O–H groups in total. The van der Waals surface area contributed by atoms with Gasteiger partial charge in [0.15, 0.2) is 0 Å². The Morgan fingerprint density at radius 2 is 1.91 bits per heavy atom. The number of rotatable bonds is 5. The monoisotopic (exact) mass is 314 g/mol. The SMILES string of the molecule is CCOC(=O)c1cccc(NC(=O)c2ccccc2[N+](=O)[O-])c1. The highest BCUT2D eigenvalue weighted by Crippen LogP contribution is 2.20. The summed E-state index contributed by atoms with van der Waals surface area (Å²) in [4.78, 5) is 34.2. The van der Waals surface area contributed by atoms with Crippen molar-refractivity contribution >= 4 is 23.3 Å². The van der Waals surface area contributed by atoms with Gasteiger partial charge in [0, 0.05) is 11.8 Å². The van der Waals surface area contributed by atoms with Crippen LogP contribution >= 0.6 is 0 Å². The summed E-state index contributed by atoms with van der Waals surface area (Å²) >= 11 is 0. The van der Waals surface area contributed by atoms with Crippen LogP contribution in [-0.2, 0) is 4.74 Å². The van der Waals surface area contributed by atoms with Crippen LogP contribution < -0.4 is 5.32 Å². The number of esters is 1. The van der Waals surface area contributed by atoms with Gasteiger partial charge in [-0.15, -0.1) is 0 Å². The van der Waals surface area contributed by atoms with Crippen molar-refractivity contribution in [1.29, 1.82) is 0 Å². The van der Waals surface area contributed by atoms with Crippen molar-refractivity contribution in [3.05, 3.63) is 69.8 Å². The number of nitro groups is 1. The summed E-state index contributed by atoms with van der Waals surface area (Å²) in [6.45, 7) is 1.93. The van der Waals surface area contributed by atoms with Crippen molar-refractivity contribution in [2.24, 2.45) is 0 Å². The maximum atomic E-state index is 12.2. The highest BCUT2D eigenvalue weighted by molar-refractivity contribution is 6.07. The lowest BCUT2D eigenvalue weighted by Gasteiger charge is -2.07. The van der Waals surface area contributed by atoms with Gasteiger partial charge in [-0.25, -0.2) is 4.79 Å². The van der Waals surface area contributed by atoms with E-state index in [1.54, 1.807) is 25.1 Å². The fourth-order valence-electron chi connectivity index (χ4n) is 1.96. The average Bonchev–Trinajstić information content (AvgIpc) is 2.55. The van der Waals surface area contributed by atoms with Gasteiger partial charge < -0.3 is 10.1 Å². The molecule has 0 atom stereocenters. The molecule has 0 bridgehead atoms. The Balaban J connectivity index is 2.23. The largest absolute Gasteiger partial charge is 0.462 e. The summed E-state index contributed by atoms with van der Waals surface area (Å²) < 4.78 is 4.88. The van der Waals surface area contributed by atoms with E-state index in [9.17, 15) is 19.7 Å². The number of carbonyl (C=O) groups is 2. The van der Waals surface area contributed by atoms with Gasteiger partial charge in [0.2, 0.25) is 0 Å². The quantitative estimate of drug-likeness (QED) is 0.519. The summed E-state index contributed by atoms with van der Waals surface area (Å²) in [6, 6.07) is 11.8. The van der Waals surface area contributed by atoms with Crippen LogP contribution in [0.1, 0.15) is 27.6 Å². The van der Waals surface area contributed by atoms with Gasteiger partial charge in [-0.05, 0) is 31.2 Å². The van der Waals surface area contributed by atoms with E-state index in [1.807, 2.05) is 0 Å². The Labute approximate surface area is 132 Å². The van der Waals surface area contributed by atoms with E-state index in [0.29, 0.717) is 5.69 Å². The zero-order valence-corrected chi connectivity index (χ0v) is 12.3. The van der Waals surface area contributed by atoms with Gasteiger partial charge in [-0.2, -0.15) is 0 Å². The van der Waals surface area contributed by atoms with Gasteiger partial charge in [-0.1, -0.05) is 18.2 Å². The normalized spacial score (nSPS) is 9.96. The number of hydrogen-bond acceptors (Lipinski definition) is 5. The maximum absolute atomic E-state index is 12.2. The third kappa shape index (κ3) is 3.91. The first-order valence-corrected chi connectivity index (χ1v) is 6.85. The lowest BCUT2D eigenvalue weighted by molar-refractivity contribution is -0.385. The predicted molar refractivity (Wildman–Crippen MR) is 83.4 cm³/mol. The number of nitro benzene ring substituents is 1. The highest BCUT2D eigenvalue weighted by atomic mass is 16.6. The van der Waals surface area contributed by atoms with Crippen LogP contribution in [0, 0.1) is 10.1 Å². The zero-order valence-electron chi connectivity index (χ0n) is 12.3. The smallest absolute Gasteiger partial charge is 0.338 e. The molecule has 0 unspecified atom stereocenters. The highest BCUT2D eigenvalue weighted by Gasteiger charge is 2.19. The zero-order chi connectivity index (χ0) is 16.8. The number of hydrogen-bond donors (Lipinski definition) is 1. The summed E-state index contributed by atoms with van der Waals surface area (Å²) in [6.07, 6.45) is 0. The molecular weight excluding hydrogens is 300 g/mol. The van der Waals surface area contributed by atoms with Crippen molar-refractivity contribution in [3.8, 4) is 0 Å². The topological polar surface area (TPSA) is 98.5 Å². The third-order valence-corrected chi connectivity index (χ3v) is 2.98. The summed E-state index contributed by atoms with van der Waals surface area (Å²) in [5.74, 6) is -1.13. The van der Waals surface area contributed by atoms with Gasteiger partial charge in [0.25, 0.3) is 11.6 Å². The Kier molecular flexibility index (Phi) is 5.03. The standard InChI is InChI=1S/C16H14N2O5/c1-2-23-16(20)11-6-5-7-12(10-11)17-15(19)13-8-3-4-9-14(13)18(21)22/h3-10H,2H2,1H3,(H,17,19). The summed E-state index contributed by atoms with van der Waals surface area (Å²) in [5, 5.41) is 13.5. The van der Waals surface area contributed by atoms with Crippen LogP contribution in [0.4, 0.5) is 11.4 Å². The molecule has 0 aliphatic carbocycles. The molecule has 7 heteroatoms. The molecule has 7 nitrogen and oxygen atoms in total. The fourth-order valence-corrected chi connectivity index (χ4v) is 1.96. The summed E-state index contributed by atoms with van der Waals surface area (Å²) in [7, 11) is 0. The van der Waals surface area contributed by atoms with E-state index >= 15 is 0 Å². The van der Waals surface area contributed by atoms with Crippen molar-refractivity contribution in [2.45, 2.75) is 6.92 Å². The number of nitrogens with zero attached hydrogens (tertiary/aromatic N) is 1. The Hall–Kier alpha value is -3.22. The van der Waals surface area contributed by atoms with Gasteiger partial charge in [0.05, 0.1) is 17.1 Å². The fraction of sp³-hybridized carbons (Fsp3) is 0.125. The number of carbonyl (C=O) groups excluding carboxylic acids is 2. The first kappa shape index (κ1) is 16.2. The molecule has 1 amide bonds. The van der Waals surface area contributed by atoms with Crippen LogP contribution in [0.25, 0.3) is 0 Å². The maximum Gasteiger partial charge on any atom is 0.338 e. The van der Waals surface area contributed by atoms with Gasteiger partial charge >= 0.3 is 5.97 Å². The number of para-hydroxylation sites is 1. The van der Waals surface area contributed by atoms with Crippen LogP contribution in [0.2, 0.25) is 0 Å². The summed E-state index contributed by atoms with van der Waals surface area (Å²) in [5.41, 5.74) is 0.288. The molecular formula is C16H14N2O5. The second kappa shape index (κ2) is 7.17. The first-order valence-electron chi connectivity index (χ1n) is 6.85. The van der Waals surface area contributed by atoms with Crippen molar-refractivity contribution in [1.82, 2.24) is 0 Å². The molecule has 0 aromatic heterocycles. The lowest BCUT2D eigenvalue weighted by atomic mass is 10.1. The van der Waals surface area contributed by atoms with E-state index in [4.69, 9.17) is 4.74 Å². The average molecular weight is 314 g/mol. The molecule has 0 fully saturated rings. The predicted octanol–water partition coefficient (Wildman–Crippen LogP) is 3.02. The molecule has 118 valence electrons. The van der Waals surface area contributed by atoms with Crippen LogP contribution in [0.3, 0.4) is 0 Å². The molecule has 2 aromatic carbocycles. The van der Waals surface area contributed by atoms with E-state index in [0.717, 1.165) is 0 Å². The van der Waals surface area contributed by atoms with Crippen LogP contribution in [0.15, 0.2) is 48.5 Å². The molecule has 0 spiro atoms. The van der Waals surface area contributed by atoms with E-state index in [1.165, 1.54) is 30.3 Å². The molecule has 0 saturated heterocycles. The minimum Gasteiger partial charge on any atom is -0.462 e. The second-order valence-corrected chi connectivity index (χ2v) is 4.53. The number of ether oxygens (including phenoxy) is 1. The molecule has 0 aliphatic rings. The molecule has 0 saturated carbocycles. The lowest BCUT2D eigenvalue weighted by Crippen LogP contribution is -2.14. The molecule has 0 aliphatic heterocycles. The minimum atomic E-state index is -0.627. The number of nitrogens with one attached hydrogen (secondary N) is 1. The van der Waals surface area contributed by atoms with Gasteiger partial charge in [-0.3, -0.25) is 14.9 Å². The second-order valence-electron chi connectivity index (χ2n) is 4.53. The molecule has 0 radical (unpaired) electrons. The molecule has 23 heavy (non-hydrogen) atoms. The van der Waals surface area contributed by atoms with Gasteiger partial charge in [0.1, 0.15) is 5.56 Å². The van der Waals surface area contributed by atoms with E-state index < -0.39 is 16.8 Å². The van der Waals surface area contributed by atoms with Crippen LogP contribution in [-0.4, -0.2) is 23.4 Å². The first-order chi connectivity index (χ1) is 11.0. The number of amides is 1.